The zero-order chi connectivity index (χ0) is 20.4. The first kappa shape index (κ1) is 18.7. The predicted octanol–water partition coefficient (Wildman–Crippen LogP) is 4.72. The molecule has 1 aliphatic heterocycles. The number of urea groups is 1. The highest BCUT2D eigenvalue weighted by Gasteiger charge is 2.33. The molecule has 5 nitrogen and oxygen atoms in total. The topological polar surface area (TPSA) is 58.6 Å². The van der Waals surface area contributed by atoms with Crippen LogP contribution in [0.1, 0.15) is 25.0 Å². The molecule has 0 bridgehead atoms. The zero-order valence-electron chi connectivity index (χ0n) is 16.4. The predicted molar refractivity (Wildman–Crippen MR) is 113 cm³/mol. The van der Waals surface area contributed by atoms with E-state index in [1.54, 1.807) is 6.08 Å². The van der Waals surface area contributed by atoms with E-state index in [0.717, 1.165) is 21.9 Å². The Balaban J connectivity index is 1.73. The summed E-state index contributed by atoms with van der Waals surface area (Å²) in [7, 11) is 0. The van der Waals surface area contributed by atoms with Crippen molar-refractivity contribution in [3.05, 3.63) is 83.6 Å². The zero-order valence-corrected chi connectivity index (χ0v) is 16.4. The largest absolute Gasteiger partial charge is 0.490 e. The number of ether oxygens (including phenoxy) is 1. The molecule has 0 spiro atoms. The van der Waals surface area contributed by atoms with Crippen molar-refractivity contribution in [2.24, 2.45) is 0 Å². The third-order valence-electron chi connectivity index (χ3n) is 4.73. The van der Waals surface area contributed by atoms with E-state index in [4.69, 9.17) is 4.74 Å². The SMILES string of the molecule is CC(C)Oc1ccc2ccccc2c1/C=C1/NC(=O)N(Cc2ccccc2)C1=O. The van der Waals surface area contributed by atoms with Crippen LogP contribution < -0.4 is 10.1 Å². The van der Waals surface area contributed by atoms with Gasteiger partial charge in [-0.2, -0.15) is 0 Å². The Morgan fingerprint density at radius 3 is 2.45 bits per heavy atom. The van der Waals surface area contributed by atoms with Gasteiger partial charge < -0.3 is 10.1 Å². The van der Waals surface area contributed by atoms with E-state index < -0.39 is 6.03 Å². The van der Waals surface area contributed by atoms with Crippen molar-refractivity contribution in [3.8, 4) is 5.75 Å². The first-order chi connectivity index (χ1) is 14.0. The standard InChI is InChI=1S/C24H22N2O3/c1-16(2)29-22-13-12-18-10-6-7-11-19(18)20(22)14-21-23(27)26(24(28)25-21)15-17-8-4-3-5-9-17/h3-14,16H,15H2,1-2H3,(H,25,28)/b21-14+. The van der Waals surface area contributed by atoms with Gasteiger partial charge in [-0.15, -0.1) is 0 Å². The fraction of sp³-hybridized carbons (Fsp3) is 0.167. The van der Waals surface area contributed by atoms with Gasteiger partial charge in [0.1, 0.15) is 11.4 Å². The molecule has 0 atom stereocenters. The van der Waals surface area contributed by atoms with Crippen LogP contribution in [-0.4, -0.2) is 22.9 Å². The van der Waals surface area contributed by atoms with Crippen molar-refractivity contribution in [2.75, 3.05) is 0 Å². The molecule has 3 amide bonds. The molecule has 0 aliphatic carbocycles. The highest BCUT2D eigenvalue weighted by molar-refractivity contribution is 6.14. The van der Waals surface area contributed by atoms with Gasteiger partial charge in [0.05, 0.1) is 12.6 Å². The maximum atomic E-state index is 12.9. The first-order valence-corrected chi connectivity index (χ1v) is 9.60. The molecule has 1 N–H and O–H groups in total. The fourth-order valence-electron chi connectivity index (χ4n) is 3.41. The Labute approximate surface area is 169 Å². The molecule has 29 heavy (non-hydrogen) atoms. The van der Waals surface area contributed by atoms with Crippen molar-refractivity contribution in [2.45, 2.75) is 26.5 Å². The van der Waals surface area contributed by atoms with Crippen LogP contribution >= 0.6 is 0 Å². The number of hydrogen-bond acceptors (Lipinski definition) is 3. The summed E-state index contributed by atoms with van der Waals surface area (Å²) in [5.41, 5.74) is 1.92. The van der Waals surface area contributed by atoms with Gasteiger partial charge in [-0.3, -0.25) is 9.69 Å². The van der Waals surface area contributed by atoms with Crippen molar-refractivity contribution in [1.29, 1.82) is 0 Å². The van der Waals surface area contributed by atoms with Gasteiger partial charge in [0, 0.05) is 5.56 Å². The van der Waals surface area contributed by atoms with Gasteiger partial charge in [-0.25, -0.2) is 4.79 Å². The number of nitrogens with zero attached hydrogens (tertiary/aromatic N) is 1. The number of imide groups is 1. The Kier molecular flexibility index (Phi) is 5.04. The molecule has 4 rings (SSSR count). The average molecular weight is 386 g/mol. The van der Waals surface area contributed by atoms with Crippen LogP contribution in [0.4, 0.5) is 4.79 Å². The molecular formula is C24H22N2O3. The smallest absolute Gasteiger partial charge is 0.329 e. The lowest BCUT2D eigenvalue weighted by Crippen LogP contribution is -2.30. The van der Waals surface area contributed by atoms with Gasteiger partial charge in [0.2, 0.25) is 0 Å². The summed E-state index contributed by atoms with van der Waals surface area (Å²) in [5, 5.41) is 4.71. The molecule has 1 fully saturated rings. The van der Waals surface area contributed by atoms with E-state index in [0.29, 0.717) is 5.75 Å². The molecule has 0 radical (unpaired) electrons. The van der Waals surface area contributed by atoms with Crippen LogP contribution in [0.2, 0.25) is 0 Å². The van der Waals surface area contributed by atoms with E-state index in [9.17, 15) is 9.59 Å². The van der Waals surface area contributed by atoms with Crippen LogP contribution in [0.25, 0.3) is 16.8 Å². The number of fused-ring (bicyclic) bond motifs is 1. The van der Waals surface area contributed by atoms with E-state index >= 15 is 0 Å². The number of hydrogen-bond donors (Lipinski definition) is 1. The first-order valence-electron chi connectivity index (χ1n) is 9.60. The Morgan fingerprint density at radius 2 is 1.69 bits per heavy atom. The molecule has 0 aromatic heterocycles. The Bertz CT molecular complexity index is 1100. The van der Waals surface area contributed by atoms with Crippen LogP contribution in [0.5, 0.6) is 5.75 Å². The highest BCUT2D eigenvalue weighted by atomic mass is 16.5. The summed E-state index contributed by atoms with van der Waals surface area (Å²) in [6.45, 7) is 4.14. The molecule has 146 valence electrons. The summed E-state index contributed by atoms with van der Waals surface area (Å²) >= 11 is 0. The number of carbonyl (C=O) groups is 2. The third-order valence-corrected chi connectivity index (χ3v) is 4.73. The van der Waals surface area contributed by atoms with Crippen molar-refractivity contribution < 1.29 is 14.3 Å². The van der Waals surface area contributed by atoms with E-state index in [-0.39, 0.29) is 24.3 Å². The fourth-order valence-corrected chi connectivity index (χ4v) is 3.41. The molecule has 3 aromatic carbocycles. The molecular weight excluding hydrogens is 364 g/mol. The summed E-state index contributed by atoms with van der Waals surface area (Å²) in [5.74, 6) is 0.331. The molecule has 3 aromatic rings. The van der Waals surface area contributed by atoms with E-state index in [1.165, 1.54) is 4.90 Å². The summed E-state index contributed by atoms with van der Waals surface area (Å²) in [6, 6.07) is 20.8. The van der Waals surface area contributed by atoms with Crippen molar-refractivity contribution in [3.63, 3.8) is 0 Å². The number of benzene rings is 3. The molecule has 1 saturated heterocycles. The third kappa shape index (κ3) is 3.85. The number of carbonyl (C=O) groups excluding carboxylic acids is 2. The second-order valence-electron chi connectivity index (χ2n) is 7.23. The summed E-state index contributed by atoms with van der Waals surface area (Å²) in [4.78, 5) is 26.6. The Hall–Kier alpha value is -3.60. The summed E-state index contributed by atoms with van der Waals surface area (Å²) < 4.78 is 5.97. The average Bonchev–Trinajstić information content (AvgIpc) is 2.97. The van der Waals surface area contributed by atoms with Crippen LogP contribution in [0.3, 0.4) is 0 Å². The van der Waals surface area contributed by atoms with E-state index in [1.807, 2.05) is 80.6 Å². The van der Waals surface area contributed by atoms with Gasteiger partial charge in [0.15, 0.2) is 0 Å². The van der Waals surface area contributed by atoms with Crippen LogP contribution in [-0.2, 0) is 11.3 Å². The van der Waals surface area contributed by atoms with Crippen LogP contribution in [0, 0.1) is 0 Å². The normalized spacial score (nSPS) is 15.4. The second-order valence-corrected chi connectivity index (χ2v) is 7.23. The lowest BCUT2D eigenvalue weighted by Gasteiger charge is -2.15. The minimum Gasteiger partial charge on any atom is -0.490 e. The monoisotopic (exact) mass is 386 g/mol. The molecule has 5 heteroatoms. The lowest BCUT2D eigenvalue weighted by molar-refractivity contribution is -0.123. The molecule has 0 unspecified atom stereocenters. The molecule has 1 heterocycles. The van der Waals surface area contributed by atoms with Gasteiger partial charge in [-0.05, 0) is 42.3 Å². The minimum atomic E-state index is -0.420. The highest BCUT2D eigenvalue weighted by Crippen LogP contribution is 2.31. The van der Waals surface area contributed by atoms with Crippen molar-refractivity contribution in [1.82, 2.24) is 10.2 Å². The Morgan fingerprint density at radius 1 is 0.966 bits per heavy atom. The lowest BCUT2D eigenvalue weighted by atomic mass is 10.0. The minimum absolute atomic E-state index is 0.0169. The van der Waals surface area contributed by atoms with E-state index in [2.05, 4.69) is 5.32 Å². The second kappa shape index (κ2) is 7.80. The number of rotatable bonds is 5. The molecule has 1 aliphatic rings. The van der Waals surface area contributed by atoms with Gasteiger partial charge in [-0.1, -0.05) is 60.7 Å². The van der Waals surface area contributed by atoms with Gasteiger partial charge >= 0.3 is 6.03 Å². The molecule has 0 saturated carbocycles. The number of nitrogens with one attached hydrogen (secondary N) is 1. The quantitative estimate of drug-likeness (QED) is 0.510. The number of amides is 3. The summed E-state index contributed by atoms with van der Waals surface area (Å²) in [6.07, 6.45) is 1.70. The van der Waals surface area contributed by atoms with Gasteiger partial charge in [0.25, 0.3) is 5.91 Å². The maximum Gasteiger partial charge on any atom is 0.329 e. The van der Waals surface area contributed by atoms with Crippen molar-refractivity contribution >= 4 is 28.8 Å². The van der Waals surface area contributed by atoms with Crippen LogP contribution in [0.15, 0.2) is 72.4 Å². The maximum absolute atomic E-state index is 12.9.